The normalized spacial score (nSPS) is 12.8. The van der Waals surface area contributed by atoms with E-state index in [1.807, 2.05) is 0 Å². The molecule has 0 aromatic rings. The molecule has 0 bridgehead atoms. The van der Waals surface area contributed by atoms with Crippen LogP contribution in [0.3, 0.4) is 0 Å². The Morgan fingerprint density at radius 2 is 0.487 bits per heavy atom. The Labute approximate surface area is 495 Å². The van der Waals surface area contributed by atoms with Gasteiger partial charge in [-0.15, -0.1) is 0 Å². The van der Waals surface area contributed by atoms with Crippen molar-refractivity contribution < 1.29 is 28.6 Å². The van der Waals surface area contributed by atoms with Crippen LogP contribution in [0.2, 0.25) is 0 Å². The highest BCUT2D eigenvalue weighted by molar-refractivity contribution is 5.71. The minimum absolute atomic E-state index is 0.0938. The molecule has 458 valence electrons. The summed E-state index contributed by atoms with van der Waals surface area (Å²) in [7, 11) is 0. The molecule has 0 fully saturated rings. The van der Waals surface area contributed by atoms with E-state index in [4.69, 9.17) is 14.2 Å². The first-order valence-corrected chi connectivity index (χ1v) is 33.9. The van der Waals surface area contributed by atoms with Gasteiger partial charge in [0.1, 0.15) is 13.2 Å². The molecule has 0 aromatic carbocycles. The van der Waals surface area contributed by atoms with E-state index in [-0.39, 0.29) is 37.5 Å². The summed E-state index contributed by atoms with van der Waals surface area (Å²) in [5.41, 5.74) is 0. The van der Waals surface area contributed by atoms with Gasteiger partial charge in [-0.05, 0) is 109 Å². The molecule has 0 aliphatic rings. The molecule has 0 N–H and O–H groups in total. The maximum absolute atomic E-state index is 12.9. The van der Waals surface area contributed by atoms with Gasteiger partial charge in [-0.2, -0.15) is 0 Å². The van der Waals surface area contributed by atoms with Gasteiger partial charge >= 0.3 is 17.9 Å². The topological polar surface area (TPSA) is 78.9 Å². The second kappa shape index (κ2) is 67.6. The Kier molecular flexibility index (Phi) is 64.3. The van der Waals surface area contributed by atoms with E-state index in [1.165, 1.54) is 173 Å². The number of esters is 3. The summed E-state index contributed by atoms with van der Waals surface area (Å²) in [5.74, 6) is -0.928. The molecule has 0 spiro atoms. The molecule has 0 aromatic heterocycles. The van der Waals surface area contributed by atoms with Crippen LogP contribution in [0, 0.1) is 0 Å². The lowest BCUT2D eigenvalue weighted by atomic mass is 10.0. The molecule has 1 unspecified atom stereocenters. The zero-order valence-corrected chi connectivity index (χ0v) is 52.6. The van der Waals surface area contributed by atoms with Crippen LogP contribution in [0.5, 0.6) is 0 Å². The number of carbonyl (C=O) groups is 3. The number of hydrogen-bond acceptors (Lipinski definition) is 6. The van der Waals surface area contributed by atoms with Crippen LogP contribution >= 0.6 is 0 Å². The predicted octanol–water partition coefficient (Wildman–Crippen LogP) is 23.4. The molecule has 6 heteroatoms. The number of carbonyl (C=O) groups excluding carboxylic acids is 3. The molecule has 0 saturated heterocycles. The molecule has 80 heavy (non-hydrogen) atoms. The first kappa shape index (κ1) is 76.1. The molecule has 6 nitrogen and oxygen atoms in total. The number of rotatable bonds is 61. The summed E-state index contributed by atoms with van der Waals surface area (Å²) in [5, 5.41) is 0. The van der Waals surface area contributed by atoms with E-state index in [2.05, 4.69) is 130 Å². The molecule has 1 atom stereocenters. The third-order valence-corrected chi connectivity index (χ3v) is 14.5. The van der Waals surface area contributed by atoms with Crippen molar-refractivity contribution in [3.05, 3.63) is 109 Å². The van der Waals surface area contributed by atoms with E-state index < -0.39 is 6.10 Å². The van der Waals surface area contributed by atoms with Gasteiger partial charge in [0.25, 0.3) is 0 Å². The second-order valence-corrected chi connectivity index (χ2v) is 22.4. The Morgan fingerprint density at radius 1 is 0.263 bits per heavy atom. The maximum atomic E-state index is 12.9. The third-order valence-electron chi connectivity index (χ3n) is 14.5. The van der Waals surface area contributed by atoms with Crippen molar-refractivity contribution in [2.45, 2.75) is 329 Å². The average Bonchev–Trinajstić information content (AvgIpc) is 3.46. The maximum Gasteiger partial charge on any atom is 0.306 e. The molecular weight excluding hydrogens is 985 g/mol. The summed E-state index contributed by atoms with van der Waals surface area (Å²) in [4.78, 5) is 38.3. The first-order chi connectivity index (χ1) is 39.5. The van der Waals surface area contributed by atoms with Crippen molar-refractivity contribution in [3.63, 3.8) is 0 Å². The van der Waals surface area contributed by atoms with Gasteiger partial charge in [0.2, 0.25) is 0 Å². The van der Waals surface area contributed by atoms with Crippen molar-refractivity contribution in [1.82, 2.24) is 0 Å². The lowest BCUT2D eigenvalue weighted by Crippen LogP contribution is -2.30. The van der Waals surface area contributed by atoms with Crippen molar-refractivity contribution in [1.29, 1.82) is 0 Å². The van der Waals surface area contributed by atoms with E-state index >= 15 is 0 Å². The van der Waals surface area contributed by atoms with E-state index in [0.717, 1.165) is 103 Å². The highest BCUT2D eigenvalue weighted by Gasteiger charge is 2.19. The molecule has 0 radical (unpaired) electrons. The fraction of sp³-hybridized carbons (Fsp3) is 0.716. The Hall–Kier alpha value is -3.93. The number of unbranched alkanes of at least 4 members (excludes halogenated alkanes) is 32. The lowest BCUT2D eigenvalue weighted by molar-refractivity contribution is -0.167. The lowest BCUT2D eigenvalue weighted by Gasteiger charge is -2.18. The van der Waals surface area contributed by atoms with E-state index in [9.17, 15) is 14.4 Å². The molecule has 0 saturated carbocycles. The summed E-state index contributed by atoms with van der Waals surface area (Å²) < 4.78 is 16.9. The number of allylic oxidation sites excluding steroid dienone is 18. The third kappa shape index (κ3) is 64.9. The number of ether oxygens (including phenoxy) is 3. The molecular formula is C74H126O6. The quantitative estimate of drug-likeness (QED) is 0.0261. The Balaban J connectivity index is 4.31. The summed E-state index contributed by atoms with van der Waals surface area (Å²) in [6.45, 7) is 6.50. The number of hydrogen-bond donors (Lipinski definition) is 0. The molecule has 0 rings (SSSR count). The molecule has 0 heterocycles. The molecule has 0 aliphatic heterocycles. The van der Waals surface area contributed by atoms with Gasteiger partial charge in [-0.25, -0.2) is 0 Å². The van der Waals surface area contributed by atoms with Gasteiger partial charge in [0.15, 0.2) is 6.10 Å². The van der Waals surface area contributed by atoms with E-state index in [1.54, 1.807) is 0 Å². The van der Waals surface area contributed by atoms with Crippen molar-refractivity contribution in [2.75, 3.05) is 13.2 Å². The van der Waals surface area contributed by atoms with Gasteiger partial charge in [-0.3, -0.25) is 14.4 Å². The fourth-order valence-corrected chi connectivity index (χ4v) is 9.45. The van der Waals surface area contributed by atoms with Gasteiger partial charge < -0.3 is 14.2 Å². The van der Waals surface area contributed by atoms with Gasteiger partial charge in [0.05, 0.1) is 0 Å². The average molecular weight is 1110 g/mol. The van der Waals surface area contributed by atoms with Crippen LogP contribution in [-0.4, -0.2) is 37.2 Å². The van der Waals surface area contributed by atoms with Crippen LogP contribution in [-0.2, 0) is 28.6 Å². The van der Waals surface area contributed by atoms with Crippen LogP contribution in [0.15, 0.2) is 109 Å². The van der Waals surface area contributed by atoms with Gasteiger partial charge in [-0.1, -0.05) is 304 Å². The monoisotopic (exact) mass is 1110 g/mol. The smallest absolute Gasteiger partial charge is 0.306 e. The summed E-state index contributed by atoms with van der Waals surface area (Å²) >= 11 is 0. The SMILES string of the molecule is CC/C=C\C/C=C\C/C=C\C/C=C\C/C=C\C/C=C\CCCCC(=O)OC(COC(=O)CCCCCCCCCCCCCC)COC(=O)CCCCCCCCCCCCCCCC/C=C\C/C=C\C/C=C\CCCCCCC. The highest BCUT2D eigenvalue weighted by atomic mass is 16.6. The molecule has 0 amide bonds. The Bertz CT molecular complexity index is 1610. The summed E-state index contributed by atoms with van der Waals surface area (Å²) in [6, 6.07) is 0. The summed E-state index contributed by atoms with van der Waals surface area (Å²) in [6.07, 6.45) is 92.5. The van der Waals surface area contributed by atoms with Crippen molar-refractivity contribution >= 4 is 17.9 Å². The largest absolute Gasteiger partial charge is 0.462 e. The van der Waals surface area contributed by atoms with E-state index in [0.29, 0.717) is 19.3 Å². The Morgan fingerprint density at radius 3 is 0.787 bits per heavy atom. The van der Waals surface area contributed by atoms with Crippen molar-refractivity contribution in [3.8, 4) is 0 Å². The predicted molar refractivity (Wildman–Crippen MR) is 348 cm³/mol. The fourth-order valence-electron chi connectivity index (χ4n) is 9.45. The van der Waals surface area contributed by atoms with Crippen molar-refractivity contribution in [2.24, 2.45) is 0 Å². The second-order valence-electron chi connectivity index (χ2n) is 22.4. The van der Waals surface area contributed by atoms with Gasteiger partial charge in [0, 0.05) is 19.3 Å². The minimum Gasteiger partial charge on any atom is -0.462 e. The van der Waals surface area contributed by atoms with Crippen LogP contribution in [0.25, 0.3) is 0 Å². The first-order valence-electron chi connectivity index (χ1n) is 33.9. The zero-order valence-electron chi connectivity index (χ0n) is 52.6. The van der Waals surface area contributed by atoms with Crippen LogP contribution < -0.4 is 0 Å². The highest BCUT2D eigenvalue weighted by Crippen LogP contribution is 2.16. The van der Waals surface area contributed by atoms with Crippen LogP contribution in [0.4, 0.5) is 0 Å². The standard InChI is InChI=1S/C74H126O6/c1-4-7-10-13-16-19-22-25-27-29-31-33-34-35-36-37-38-39-40-42-43-45-47-49-52-55-58-61-64-67-73(76)79-70-71(69-78-72(75)66-63-60-57-54-51-24-21-18-15-12-9-6-3)80-74(77)68-65-62-59-56-53-50-48-46-44-41-32-30-28-26-23-20-17-14-11-8-5-2/h8,11,17,20,22,25-26,28-29,31-32,34-35,41,46,48,53,56,71H,4-7,9-10,12-16,18-19,21,23-24,27,30,33,36-40,42-45,47,49-52,54-55,57-70H2,1-3H3/b11-8-,20-17-,25-22-,28-26-,31-29-,35-34-,41-32-,48-46-,56-53-. The molecule has 0 aliphatic carbocycles. The van der Waals surface area contributed by atoms with Crippen LogP contribution in [0.1, 0.15) is 323 Å². The zero-order chi connectivity index (χ0) is 57.8. The minimum atomic E-state index is -0.802.